The Balaban J connectivity index is 2.04. The van der Waals surface area contributed by atoms with Crippen molar-refractivity contribution < 1.29 is 13.5 Å². The Kier molecular flexibility index (Phi) is 3.94. The fourth-order valence-corrected chi connectivity index (χ4v) is 2.59. The smallest absolute Gasteiger partial charge is 0.215 e. The van der Waals surface area contributed by atoms with Crippen LogP contribution in [0.3, 0.4) is 0 Å². The second-order valence-corrected chi connectivity index (χ2v) is 5.32. The lowest BCUT2D eigenvalue weighted by Crippen LogP contribution is -2.36. The van der Waals surface area contributed by atoms with Crippen LogP contribution in [0.25, 0.3) is 11.1 Å². The first-order chi connectivity index (χ1) is 10.5. The Bertz CT molecular complexity index is 700. The van der Waals surface area contributed by atoms with Gasteiger partial charge in [0.25, 0.3) is 0 Å². The first-order valence-corrected chi connectivity index (χ1v) is 7.11. The molecule has 1 aliphatic heterocycles. The van der Waals surface area contributed by atoms with Crippen molar-refractivity contribution >= 4 is 11.5 Å². The van der Waals surface area contributed by atoms with Gasteiger partial charge < -0.3 is 15.4 Å². The molecule has 1 aromatic heterocycles. The number of aromatic nitrogens is 1. The van der Waals surface area contributed by atoms with E-state index < -0.39 is 11.8 Å². The zero-order valence-electron chi connectivity index (χ0n) is 12.3. The summed E-state index contributed by atoms with van der Waals surface area (Å²) in [5, 5.41) is 0. The third kappa shape index (κ3) is 2.87. The van der Waals surface area contributed by atoms with Crippen LogP contribution in [0.15, 0.2) is 24.3 Å². The Morgan fingerprint density at radius 2 is 1.86 bits per heavy atom. The Morgan fingerprint density at radius 1 is 1.14 bits per heavy atom. The molecule has 0 aliphatic carbocycles. The molecule has 1 aromatic carbocycles. The number of ether oxygens (including phenoxy) is 1. The molecule has 0 radical (unpaired) electrons. The lowest BCUT2D eigenvalue weighted by Gasteiger charge is -2.28. The van der Waals surface area contributed by atoms with Crippen LogP contribution >= 0.6 is 0 Å². The Hall–Kier alpha value is -2.21. The number of hydrogen-bond donors (Lipinski definition) is 1. The maximum absolute atomic E-state index is 13.9. The van der Waals surface area contributed by atoms with Gasteiger partial charge in [0, 0.05) is 19.2 Å². The molecule has 116 valence electrons. The fraction of sp³-hybridized carbons (Fsp3) is 0.312. The summed E-state index contributed by atoms with van der Waals surface area (Å²) in [6, 6.07) is 6.03. The molecular weight excluding hydrogens is 288 g/mol. The summed E-state index contributed by atoms with van der Waals surface area (Å²) < 4.78 is 32.7. The molecule has 1 fully saturated rings. The normalized spacial score (nSPS) is 15.1. The van der Waals surface area contributed by atoms with Gasteiger partial charge in [0.15, 0.2) is 0 Å². The lowest BCUT2D eigenvalue weighted by molar-refractivity contribution is 0.122. The van der Waals surface area contributed by atoms with Crippen molar-refractivity contribution in [3.63, 3.8) is 0 Å². The molecule has 0 bridgehead atoms. The Morgan fingerprint density at radius 3 is 2.59 bits per heavy atom. The molecule has 1 aliphatic rings. The number of hydrogen-bond acceptors (Lipinski definition) is 4. The third-order valence-corrected chi connectivity index (χ3v) is 3.77. The maximum atomic E-state index is 13.9. The monoisotopic (exact) mass is 305 g/mol. The van der Waals surface area contributed by atoms with Crippen molar-refractivity contribution in [2.75, 3.05) is 36.9 Å². The topological polar surface area (TPSA) is 51.4 Å². The second-order valence-electron chi connectivity index (χ2n) is 5.32. The van der Waals surface area contributed by atoms with Crippen LogP contribution in [0.1, 0.15) is 5.56 Å². The second kappa shape index (κ2) is 5.88. The summed E-state index contributed by atoms with van der Waals surface area (Å²) in [4.78, 5) is 5.92. The molecule has 0 amide bonds. The minimum Gasteiger partial charge on any atom is -0.396 e. The van der Waals surface area contributed by atoms with E-state index >= 15 is 0 Å². The fourth-order valence-electron chi connectivity index (χ4n) is 2.59. The number of anilines is 2. The highest BCUT2D eigenvalue weighted by molar-refractivity contribution is 5.73. The number of pyridine rings is 1. The molecule has 2 N–H and O–H groups in total. The summed E-state index contributed by atoms with van der Waals surface area (Å²) in [5.74, 6) is -0.480. The number of nitrogens with two attached hydrogens (primary N) is 1. The van der Waals surface area contributed by atoms with Gasteiger partial charge in [-0.2, -0.15) is 4.39 Å². The number of benzene rings is 1. The van der Waals surface area contributed by atoms with E-state index in [1.165, 1.54) is 18.2 Å². The van der Waals surface area contributed by atoms with Crippen molar-refractivity contribution in [3.8, 4) is 11.1 Å². The predicted molar refractivity (Wildman–Crippen MR) is 81.8 cm³/mol. The van der Waals surface area contributed by atoms with E-state index in [9.17, 15) is 8.78 Å². The zero-order valence-corrected chi connectivity index (χ0v) is 12.3. The van der Waals surface area contributed by atoms with E-state index in [1.54, 1.807) is 13.0 Å². The number of aryl methyl sites for hydroxylation is 1. The van der Waals surface area contributed by atoms with Crippen LogP contribution in [0.2, 0.25) is 0 Å². The summed E-state index contributed by atoms with van der Waals surface area (Å²) >= 11 is 0. The van der Waals surface area contributed by atoms with Crippen molar-refractivity contribution in [2.24, 2.45) is 0 Å². The van der Waals surface area contributed by atoms with Crippen LogP contribution in [0.4, 0.5) is 20.3 Å². The summed E-state index contributed by atoms with van der Waals surface area (Å²) in [7, 11) is 0. The Labute approximate surface area is 127 Å². The highest BCUT2D eigenvalue weighted by Gasteiger charge is 2.16. The molecular formula is C16H17F2N3O. The summed E-state index contributed by atoms with van der Waals surface area (Å²) in [6.45, 7) is 4.29. The SMILES string of the molecule is Cc1cc(F)c(N)cc1-c1cc(F)nc(N2CCOCC2)c1. The number of halogens is 2. The predicted octanol–water partition coefficient (Wildman–Crippen LogP) is 2.75. The molecule has 2 heterocycles. The highest BCUT2D eigenvalue weighted by atomic mass is 19.1. The first-order valence-electron chi connectivity index (χ1n) is 7.11. The summed E-state index contributed by atoms with van der Waals surface area (Å²) in [6.07, 6.45) is 0. The number of rotatable bonds is 2. The highest BCUT2D eigenvalue weighted by Crippen LogP contribution is 2.30. The van der Waals surface area contributed by atoms with Crippen LogP contribution in [0.5, 0.6) is 0 Å². The van der Waals surface area contributed by atoms with E-state index in [2.05, 4.69) is 4.98 Å². The number of nitrogens with zero attached hydrogens (tertiary/aromatic N) is 2. The van der Waals surface area contributed by atoms with E-state index in [1.807, 2.05) is 4.90 Å². The lowest BCUT2D eigenvalue weighted by atomic mass is 10.00. The van der Waals surface area contributed by atoms with Crippen molar-refractivity contribution in [3.05, 3.63) is 41.6 Å². The molecule has 2 aromatic rings. The van der Waals surface area contributed by atoms with Gasteiger partial charge in [-0.1, -0.05) is 0 Å². The van der Waals surface area contributed by atoms with Crippen molar-refractivity contribution in [1.29, 1.82) is 0 Å². The van der Waals surface area contributed by atoms with Crippen LogP contribution in [-0.2, 0) is 4.74 Å². The number of morpholine rings is 1. The van der Waals surface area contributed by atoms with Crippen LogP contribution in [0, 0.1) is 18.7 Å². The van der Waals surface area contributed by atoms with Gasteiger partial charge in [0.05, 0.1) is 18.9 Å². The van der Waals surface area contributed by atoms with Crippen molar-refractivity contribution in [1.82, 2.24) is 4.98 Å². The van der Waals surface area contributed by atoms with Crippen LogP contribution in [-0.4, -0.2) is 31.3 Å². The summed E-state index contributed by atoms with van der Waals surface area (Å²) in [5.41, 5.74) is 7.72. The zero-order chi connectivity index (χ0) is 15.7. The van der Waals surface area contributed by atoms with Gasteiger partial charge in [-0.15, -0.1) is 0 Å². The van der Waals surface area contributed by atoms with E-state index in [-0.39, 0.29) is 5.69 Å². The molecule has 6 heteroatoms. The maximum Gasteiger partial charge on any atom is 0.215 e. The van der Waals surface area contributed by atoms with Gasteiger partial charge >= 0.3 is 0 Å². The van der Waals surface area contributed by atoms with Gasteiger partial charge in [-0.3, -0.25) is 0 Å². The molecule has 22 heavy (non-hydrogen) atoms. The first kappa shape index (κ1) is 14.7. The van der Waals surface area contributed by atoms with Gasteiger partial charge in [0.2, 0.25) is 5.95 Å². The largest absolute Gasteiger partial charge is 0.396 e. The van der Waals surface area contributed by atoms with Gasteiger partial charge in [0.1, 0.15) is 11.6 Å². The molecule has 3 rings (SSSR count). The van der Waals surface area contributed by atoms with Crippen LogP contribution < -0.4 is 10.6 Å². The minimum atomic E-state index is -0.568. The quantitative estimate of drug-likeness (QED) is 0.685. The molecule has 0 spiro atoms. The average molecular weight is 305 g/mol. The molecule has 0 atom stereocenters. The van der Waals surface area contributed by atoms with E-state index in [4.69, 9.17) is 10.5 Å². The minimum absolute atomic E-state index is 0.0470. The molecule has 4 nitrogen and oxygen atoms in total. The third-order valence-electron chi connectivity index (χ3n) is 3.77. The van der Waals surface area contributed by atoms with Crippen molar-refractivity contribution in [2.45, 2.75) is 6.92 Å². The average Bonchev–Trinajstić information content (AvgIpc) is 2.51. The van der Waals surface area contributed by atoms with E-state index in [0.717, 1.165) is 0 Å². The molecule has 0 saturated carbocycles. The molecule has 0 unspecified atom stereocenters. The number of nitrogen functional groups attached to an aromatic ring is 1. The van der Waals surface area contributed by atoms with Gasteiger partial charge in [-0.05, 0) is 41.8 Å². The molecule has 1 saturated heterocycles. The standard InChI is InChI=1S/C16H17F2N3O/c1-10-6-13(17)14(19)9-12(10)11-7-15(18)20-16(8-11)21-2-4-22-5-3-21/h6-9H,2-5,19H2,1H3. The van der Waals surface area contributed by atoms with E-state index in [0.29, 0.717) is 48.8 Å². The van der Waals surface area contributed by atoms with Gasteiger partial charge in [-0.25, -0.2) is 9.37 Å².